The van der Waals surface area contributed by atoms with Gasteiger partial charge in [0.2, 0.25) is 11.8 Å². The quantitative estimate of drug-likeness (QED) is 0.512. The van der Waals surface area contributed by atoms with Crippen LogP contribution in [0.2, 0.25) is 0 Å². The van der Waals surface area contributed by atoms with Crippen molar-refractivity contribution < 1.29 is 22.8 Å². The maximum atomic E-state index is 14.5. The Hall–Kier alpha value is -3.01. The van der Waals surface area contributed by atoms with E-state index in [1.807, 2.05) is 18.7 Å². The van der Waals surface area contributed by atoms with Crippen LogP contribution in [0.4, 0.5) is 13.2 Å². The summed E-state index contributed by atoms with van der Waals surface area (Å²) in [5, 5.41) is 0. The van der Waals surface area contributed by atoms with Crippen molar-refractivity contribution in [2.24, 2.45) is 5.92 Å². The fourth-order valence-electron chi connectivity index (χ4n) is 6.55. The first kappa shape index (κ1) is 28.5. The SMILES string of the molecule is Cc1ncnc(C)c1C(=O)N1CCC(C)(N2CCC(N(Cc3ccccc3F)C(=O)C3CC(F)(F)C3)CC2)CC1. The van der Waals surface area contributed by atoms with Gasteiger partial charge in [0.25, 0.3) is 5.91 Å². The molecule has 5 rings (SSSR count). The molecule has 3 heterocycles. The summed E-state index contributed by atoms with van der Waals surface area (Å²) in [6.45, 7) is 8.76. The van der Waals surface area contributed by atoms with Crippen LogP contribution in [-0.4, -0.2) is 80.2 Å². The lowest BCUT2D eigenvalue weighted by Gasteiger charge is -2.50. The fraction of sp³-hybridized carbons (Fsp3) is 0.600. The van der Waals surface area contributed by atoms with Gasteiger partial charge in [-0.25, -0.2) is 23.1 Å². The summed E-state index contributed by atoms with van der Waals surface area (Å²) in [7, 11) is 0. The van der Waals surface area contributed by atoms with E-state index in [2.05, 4.69) is 21.8 Å². The Balaban J connectivity index is 1.22. The van der Waals surface area contributed by atoms with E-state index in [0.717, 1.165) is 25.9 Å². The van der Waals surface area contributed by atoms with Gasteiger partial charge in [-0.05, 0) is 52.5 Å². The summed E-state index contributed by atoms with van der Waals surface area (Å²) in [4.78, 5) is 41.0. The molecule has 1 aliphatic carbocycles. The van der Waals surface area contributed by atoms with E-state index in [1.54, 1.807) is 23.1 Å². The number of nitrogens with zero attached hydrogens (tertiary/aromatic N) is 5. The first-order valence-electron chi connectivity index (χ1n) is 14.2. The van der Waals surface area contributed by atoms with Crippen molar-refractivity contribution in [3.8, 4) is 0 Å². The van der Waals surface area contributed by atoms with Crippen molar-refractivity contribution in [3.63, 3.8) is 0 Å². The number of hydrogen-bond donors (Lipinski definition) is 0. The lowest BCUT2D eigenvalue weighted by molar-refractivity contribution is -0.163. The Kier molecular flexibility index (Phi) is 7.92. The largest absolute Gasteiger partial charge is 0.338 e. The Bertz CT molecular complexity index is 1230. The van der Waals surface area contributed by atoms with Crippen LogP contribution in [0.3, 0.4) is 0 Å². The minimum atomic E-state index is -2.79. The number of aromatic nitrogens is 2. The molecule has 7 nitrogen and oxygen atoms in total. The maximum Gasteiger partial charge on any atom is 0.257 e. The van der Waals surface area contributed by atoms with E-state index in [0.29, 0.717) is 48.4 Å². The number of carbonyl (C=O) groups excluding carboxylic acids is 2. The number of likely N-dealkylation sites (tertiary alicyclic amines) is 2. The molecule has 0 unspecified atom stereocenters. The second-order valence-electron chi connectivity index (χ2n) is 11.9. The van der Waals surface area contributed by atoms with Gasteiger partial charge in [-0.3, -0.25) is 14.5 Å². The molecule has 3 fully saturated rings. The second kappa shape index (κ2) is 11.1. The number of piperidine rings is 2. The molecule has 10 heteroatoms. The minimum Gasteiger partial charge on any atom is -0.338 e. The standard InChI is InChI=1S/C30H38F3N5O2/c1-20-26(21(2)35-19-34-20)28(40)36-14-10-29(3,11-15-36)37-12-8-24(9-13-37)38(18-22-6-4-5-7-25(22)31)27(39)23-16-30(32,33)17-23/h4-7,19,23-24H,8-18H2,1-3H3. The van der Waals surface area contributed by atoms with Crippen LogP contribution in [0.25, 0.3) is 0 Å². The number of aryl methyl sites for hydroxylation is 2. The lowest BCUT2D eigenvalue weighted by Crippen LogP contribution is -2.59. The highest BCUT2D eigenvalue weighted by Crippen LogP contribution is 2.44. The number of halogens is 3. The normalized spacial score (nSPS) is 21.6. The van der Waals surface area contributed by atoms with Gasteiger partial charge >= 0.3 is 0 Å². The van der Waals surface area contributed by atoms with Crippen molar-refractivity contribution in [3.05, 3.63) is 58.9 Å². The van der Waals surface area contributed by atoms with Crippen molar-refractivity contribution >= 4 is 11.8 Å². The highest BCUT2D eigenvalue weighted by Gasteiger charge is 2.51. The molecular weight excluding hydrogens is 519 g/mol. The monoisotopic (exact) mass is 557 g/mol. The molecular formula is C30H38F3N5O2. The molecule has 0 N–H and O–H groups in total. The van der Waals surface area contributed by atoms with E-state index < -0.39 is 30.5 Å². The van der Waals surface area contributed by atoms with Gasteiger partial charge in [0.1, 0.15) is 12.1 Å². The van der Waals surface area contributed by atoms with Crippen LogP contribution < -0.4 is 0 Å². The first-order valence-corrected chi connectivity index (χ1v) is 14.2. The predicted octanol–water partition coefficient (Wildman–Crippen LogP) is 4.77. The molecule has 2 aromatic rings. The van der Waals surface area contributed by atoms with Crippen molar-refractivity contribution in [1.29, 1.82) is 0 Å². The zero-order valence-corrected chi connectivity index (χ0v) is 23.5. The number of rotatable bonds is 6. The molecule has 0 bridgehead atoms. The van der Waals surface area contributed by atoms with Gasteiger partial charge in [-0.15, -0.1) is 0 Å². The average Bonchev–Trinajstić information content (AvgIpc) is 2.91. The van der Waals surface area contributed by atoms with Crippen LogP contribution in [0.5, 0.6) is 0 Å². The lowest BCUT2D eigenvalue weighted by atomic mass is 9.79. The van der Waals surface area contributed by atoms with E-state index >= 15 is 0 Å². The van der Waals surface area contributed by atoms with Crippen molar-refractivity contribution in [2.75, 3.05) is 26.2 Å². The van der Waals surface area contributed by atoms with Gasteiger partial charge in [0.15, 0.2) is 0 Å². The topological polar surface area (TPSA) is 69.6 Å². The Morgan fingerprint density at radius 2 is 1.60 bits per heavy atom. The summed E-state index contributed by atoms with van der Waals surface area (Å²) < 4.78 is 41.7. The smallest absolute Gasteiger partial charge is 0.257 e. The number of hydrogen-bond acceptors (Lipinski definition) is 5. The molecule has 1 aromatic heterocycles. The zero-order chi connectivity index (χ0) is 28.7. The summed E-state index contributed by atoms with van der Waals surface area (Å²) in [6, 6.07) is 6.22. The molecule has 0 radical (unpaired) electrons. The zero-order valence-electron chi connectivity index (χ0n) is 23.5. The molecule has 1 saturated carbocycles. The number of carbonyl (C=O) groups is 2. The van der Waals surface area contributed by atoms with Crippen LogP contribution in [-0.2, 0) is 11.3 Å². The molecule has 0 spiro atoms. The van der Waals surface area contributed by atoms with E-state index in [1.165, 1.54) is 12.4 Å². The summed E-state index contributed by atoms with van der Waals surface area (Å²) >= 11 is 0. The molecule has 216 valence electrons. The van der Waals surface area contributed by atoms with Crippen molar-refractivity contribution in [2.45, 2.75) is 83.3 Å². The van der Waals surface area contributed by atoms with Crippen LogP contribution in [0, 0.1) is 25.6 Å². The Morgan fingerprint density at radius 3 is 2.17 bits per heavy atom. The molecule has 2 aliphatic heterocycles. The minimum absolute atomic E-state index is 0.0276. The van der Waals surface area contributed by atoms with Gasteiger partial charge in [-0.1, -0.05) is 18.2 Å². The molecule has 2 amide bonds. The Labute approximate surface area is 233 Å². The van der Waals surface area contributed by atoms with Crippen LogP contribution in [0.1, 0.15) is 72.8 Å². The highest BCUT2D eigenvalue weighted by molar-refractivity contribution is 5.96. The fourth-order valence-corrected chi connectivity index (χ4v) is 6.55. The number of benzene rings is 1. The predicted molar refractivity (Wildman–Crippen MR) is 144 cm³/mol. The first-order chi connectivity index (χ1) is 19.0. The van der Waals surface area contributed by atoms with Gasteiger partial charge in [-0.2, -0.15) is 0 Å². The molecule has 0 atom stereocenters. The van der Waals surface area contributed by atoms with E-state index in [4.69, 9.17) is 0 Å². The van der Waals surface area contributed by atoms with E-state index in [-0.39, 0.29) is 29.9 Å². The Morgan fingerprint density at radius 1 is 1.00 bits per heavy atom. The van der Waals surface area contributed by atoms with Gasteiger partial charge < -0.3 is 9.80 Å². The van der Waals surface area contributed by atoms with Gasteiger partial charge in [0.05, 0.1) is 17.0 Å². The van der Waals surface area contributed by atoms with E-state index in [9.17, 15) is 22.8 Å². The summed E-state index contributed by atoms with van der Waals surface area (Å²) in [5.41, 5.74) is 2.27. The highest BCUT2D eigenvalue weighted by atomic mass is 19.3. The number of amides is 2. The van der Waals surface area contributed by atoms with Crippen LogP contribution >= 0.6 is 0 Å². The molecule has 2 saturated heterocycles. The molecule has 1 aromatic carbocycles. The molecule has 40 heavy (non-hydrogen) atoms. The van der Waals surface area contributed by atoms with Crippen molar-refractivity contribution in [1.82, 2.24) is 24.7 Å². The third kappa shape index (κ3) is 5.73. The van der Waals surface area contributed by atoms with Gasteiger partial charge in [0, 0.05) is 68.6 Å². The third-order valence-corrected chi connectivity index (χ3v) is 9.26. The molecule has 3 aliphatic rings. The second-order valence-corrected chi connectivity index (χ2v) is 11.9. The third-order valence-electron chi connectivity index (χ3n) is 9.26. The average molecular weight is 558 g/mol. The number of alkyl halides is 2. The maximum absolute atomic E-state index is 14.5. The summed E-state index contributed by atoms with van der Waals surface area (Å²) in [6.07, 6.45) is 3.65. The summed E-state index contributed by atoms with van der Waals surface area (Å²) in [5.74, 6) is -4.20. The van der Waals surface area contributed by atoms with Crippen LogP contribution in [0.15, 0.2) is 30.6 Å².